The molecule has 0 radical (unpaired) electrons. The number of hydrogen-bond donors (Lipinski definition) is 1. The maximum Gasteiger partial charge on any atom is 0.209 e. The van der Waals surface area contributed by atoms with Gasteiger partial charge >= 0.3 is 0 Å². The number of nitrogens with zero attached hydrogens (tertiary/aromatic N) is 2. The van der Waals surface area contributed by atoms with Crippen molar-refractivity contribution in [2.24, 2.45) is 0 Å². The van der Waals surface area contributed by atoms with Crippen LogP contribution < -0.4 is 4.72 Å². The van der Waals surface area contributed by atoms with Crippen LogP contribution in [-0.2, 0) is 32.0 Å². The fraction of sp³-hybridized carbons (Fsp3) is 0.905. The highest BCUT2D eigenvalue weighted by Crippen LogP contribution is 2.10. The summed E-state index contributed by atoms with van der Waals surface area (Å²) in [5.74, 6) is 0. The monoisotopic (exact) mass is 507 g/mol. The summed E-state index contributed by atoms with van der Waals surface area (Å²) in [4.78, 5) is 0. The Balaban J connectivity index is -0.000000100. The highest BCUT2D eigenvalue weighted by molar-refractivity contribution is 7.88. The van der Waals surface area contributed by atoms with Crippen molar-refractivity contribution in [1.29, 1.82) is 0 Å². The lowest BCUT2D eigenvalue weighted by atomic mass is 10.0. The van der Waals surface area contributed by atoms with Gasteiger partial charge in [0.15, 0.2) is 0 Å². The summed E-state index contributed by atoms with van der Waals surface area (Å²) in [6.45, 7) is 16.0. The molecule has 10 heteroatoms. The molecule has 1 aliphatic carbocycles. The van der Waals surface area contributed by atoms with Crippen molar-refractivity contribution in [3.63, 3.8) is 0 Å². The van der Waals surface area contributed by atoms with Crippen molar-refractivity contribution in [2.75, 3.05) is 39.9 Å². The lowest BCUT2D eigenvalue weighted by molar-refractivity contribution is 0.446. The van der Waals surface area contributed by atoms with Gasteiger partial charge in [0.25, 0.3) is 0 Å². The number of allylic oxidation sites excluding steroid dienone is 1. The summed E-state index contributed by atoms with van der Waals surface area (Å²) in [6.07, 6.45) is 11.5. The minimum absolute atomic E-state index is 0.0266. The topological polar surface area (TPSA) is 86.8 Å². The van der Waals surface area contributed by atoms with E-state index in [9.17, 15) is 16.8 Å². The van der Waals surface area contributed by atoms with Crippen LogP contribution in [-0.4, -0.2) is 77.4 Å². The van der Waals surface area contributed by atoms with E-state index in [1.807, 2.05) is 74.6 Å². The Morgan fingerprint density at radius 2 is 1.32 bits per heavy atom. The maximum atomic E-state index is 10.8. The predicted molar refractivity (Wildman–Crippen MR) is 144 cm³/mol. The van der Waals surface area contributed by atoms with E-state index in [1.54, 1.807) is 35.2 Å². The fourth-order valence-electron chi connectivity index (χ4n) is 1.48. The molecule has 1 N–H and O–H groups in total. The molecule has 194 valence electrons. The molecule has 0 aromatic rings. The fourth-order valence-corrected chi connectivity index (χ4v) is 2.82. The first-order chi connectivity index (χ1) is 14.3. The van der Waals surface area contributed by atoms with Crippen LogP contribution >= 0.6 is 0 Å². The SMILES string of the molecule is CC.CC.CC.CC(C)N(C)S(C)=O.CN(C)S(C)=O.CS(=O)(=O)NC1C=CCCC1. The number of rotatable bonds is 5. The first-order valence-corrected chi connectivity index (χ1v) is 15.9. The highest BCUT2D eigenvalue weighted by atomic mass is 32.2. The van der Waals surface area contributed by atoms with Gasteiger partial charge in [-0.05, 0) is 47.2 Å². The number of hydrogen-bond acceptors (Lipinski definition) is 4. The second kappa shape index (κ2) is 27.9. The summed E-state index contributed by atoms with van der Waals surface area (Å²) in [5, 5.41) is 0. The first-order valence-electron chi connectivity index (χ1n) is 11.0. The van der Waals surface area contributed by atoms with Gasteiger partial charge in [-0.25, -0.2) is 30.2 Å². The van der Waals surface area contributed by atoms with Crippen molar-refractivity contribution in [2.45, 2.75) is 86.7 Å². The summed E-state index contributed by atoms with van der Waals surface area (Å²) >= 11 is 0. The maximum absolute atomic E-state index is 10.8. The van der Waals surface area contributed by atoms with E-state index in [-0.39, 0.29) is 6.04 Å². The number of sulfonamides is 1. The van der Waals surface area contributed by atoms with Crippen LogP contribution in [0.1, 0.15) is 74.7 Å². The Labute approximate surface area is 200 Å². The molecule has 0 fully saturated rings. The van der Waals surface area contributed by atoms with Crippen molar-refractivity contribution >= 4 is 32.0 Å². The molecule has 3 unspecified atom stereocenters. The Morgan fingerprint density at radius 3 is 1.48 bits per heavy atom. The molecule has 0 bridgehead atoms. The zero-order chi connectivity index (χ0) is 26.2. The van der Waals surface area contributed by atoms with E-state index in [4.69, 9.17) is 0 Å². The summed E-state index contributed by atoms with van der Waals surface area (Å²) in [7, 11) is 0.780. The molecular formula is C21H53N3O4S3. The Morgan fingerprint density at radius 1 is 0.935 bits per heavy atom. The molecule has 0 saturated heterocycles. The second-order valence-corrected chi connectivity index (χ2v) is 10.9. The van der Waals surface area contributed by atoms with E-state index in [1.165, 1.54) is 6.26 Å². The lowest BCUT2D eigenvalue weighted by Gasteiger charge is -2.16. The lowest BCUT2D eigenvalue weighted by Crippen LogP contribution is -2.33. The third kappa shape index (κ3) is 37.5. The van der Waals surface area contributed by atoms with Gasteiger partial charge in [0.05, 0.1) is 28.2 Å². The normalized spacial score (nSPS) is 16.5. The summed E-state index contributed by atoms with van der Waals surface area (Å²) < 4.78 is 48.3. The molecule has 3 atom stereocenters. The molecule has 0 spiro atoms. The molecule has 1 rings (SSSR count). The molecule has 7 nitrogen and oxygen atoms in total. The van der Waals surface area contributed by atoms with Gasteiger partial charge in [0.1, 0.15) is 0 Å². The van der Waals surface area contributed by atoms with Gasteiger partial charge in [-0.3, -0.25) is 0 Å². The van der Waals surface area contributed by atoms with Crippen LogP contribution in [0.4, 0.5) is 0 Å². The molecule has 1 aliphatic rings. The quantitative estimate of drug-likeness (QED) is 0.566. The smallest absolute Gasteiger partial charge is 0.209 e. The van der Waals surface area contributed by atoms with Crippen molar-refractivity contribution in [1.82, 2.24) is 13.3 Å². The minimum atomic E-state index is -3.03. The molecule has 0 aliphatic heterocycles. The number of nitrogens with one attached hydrogen (secondary N) is 1. The van der Waals surface area contributed by atoms with Crippen LogP contribution in [0.3, 0.4) is 0 Å². The first kappa shape index (κ1) is 41.2. The third-order valence-electron chi connectivity index (χ3n) is 3.27. The van der Waals surface area contributed by atoms with E-state index >= 15 is 0 Å². The highest BCUT2D eigenvalue weighted by Gasteiger charge is 2.11. The van der Waals surface area contributed by atoms with Crippen LogP contribution in [0.15, 0.2) is 12.2 Å². The predicted octanol–water partition coefficient (Wildman–Crippen LogP) is 4.18. The van der Waals surface area contributed by atoms with Crippen LogP contribution in [0.25, 0.3) is 0 Å². The van der Waals surface area contributed by atoms with Crippen molar-refractivity contribution in [3.8, 4) is 0 Å². The third-order valence-corrected chi connectivity index (χ3v) is 6.26. The van der Waals surface area contributed by atoms with Crippen molar-refractivity contribution < 1.29 is 16.8 Å². The summed E-state index contributed by atoms with van der Waals surface area (Å²) in [6, 6.07) is 0.402. The van der Waals surface area contributed by atoms with Gasteiger partial charge in [0, 0.05) is 31.6 Å². The largest absolute Gasteiger partial charge is 0.243 e. The van der Waals surface area contributed by atoms with Gasteiger partial charge in [0.2, 0.25) is 10.0 Å². The van der Waals surface area contributed by atoms with Gasteiger partial charge in [-0.15, -0.1) is 0 Å². The van der Waals surface area contributed by atoms with Crippen LogP contribution in [0.2, 0.25) is 0 Å². The van der Waals surface area contributed by atoms with E-state index in [2.05, 4.69) is 4.72 Å². The molecule has 0 amide bonds. The molecular weight excluding hydrogens is 454 g/mol. The van der Waals surface area contributed by atoms with E-state index in [0.717, 1.165) is 19.3 Å². The Hall–Kier alpha value is -0.130. The second-order valence-electron chi connectivity index (χ2n) is 6.16. The van der Waals surface area contributed by atoms with E-state index < -0.39 is 32.0 Å². The average molecular weight is 508 g/mol. The van der Waals surface area contributed by atoms with Crippen molar-refractivity contribution in [3.05, 3.63) is 12.2 Å². The van der Waals surface area contributed by atoms with Gasteiger partial charge in [-0.2, -0.15) is 0 Å². The Kier molecular flexibility index (Phi) is 37.0. The Bertz CT molecular complexity index is 538. The summed E-state index contributed by atoms with van der Waals surface area (Å²) in [5.41, 5.74) is 0. The molecule has 0 aromatic carbocycles. The molecule has 0 heterocycles. The molecule has 0 saturated carbocycles. The van der Waals surface area contributed by atoms with E-state index in [0.29, 0.717) is 6.04 Å². The standard InChI is InChI=1S/C7H13NO2S.C5H13NOS.C3H9NOS.3C2H6/c1-11(9,10)8-7-5-3-2-4-6-7;1-5(2)6(3)8(4)7;1-4(2)6(3)5;3*1-2/h3,5,7-8H,2,4,6H2,1H3;5H,1-4H3;1-3H3;3*1-2H3. The zero-order valence-corrected chi connectivity index (χ0v) is 25.1. The minimum Gasteiger partial charge on any atom is -0.243 e. The molecule has 31 heavy (non-hydrogen) atoms. The van der Waals surface area contributed by atoms with Gasteiger partial charge in [-0.1, -0.05) is 53.7 Å². The van der Waals surface area contributed by atoms with Crippen LogP contribution in [0, 0.1) is 0 Å². The zero-order valence-electron chi connectivity index (χ0n) is 22.7. The van der Waals surface area contributed by atoms with Crippen LogP contribution in [0.5, 0.6) is 0 Å². The molecule has 0 aromatic heterocycles. The van der Waals surface area contributed by atoms with Gasteiger partial charge < -0.3 is 0 Å². The average Bonchev–Trinajstić information content (AvgIpc) is 2.72.